The highest BCUT2D eigenvalue weighted by Crippen LogP contribution is 2.15. The summed E-state index contributed by atoms with van der Waals surface area (Å²) in [5.41, 5.74) is 0.730. The van der Waals surface area contributed by atoms with Crippen LogP contribution >= 0.6 is 11.3 Å². The van der Waals surface area contributed by atoms with Crippen LogP contribution in [0.25, 0.3) is 0 Å². The number of nitrogens with zero attached hydrogens (tertiary/aromatic N) is 3. The van der Waals surface area contributed by atoms with E-state index in [2.05, 4.69) is 20.7 Å². The Hall–Kier alpha value is -3.00. The van der Waals surface area contributed by atoms with E-state index in [0.29, 0.717) is 16.5 Å². The van der Waals surface area contributed by atoms with E-state index in [1.807, 2.05) is 6.07 Å². The maximum Gasteiger partial charge on any atom is 0.278 e. The molecule has 0 saturated carbocycles. The predicted octanol–water partition coefficient (Wildman–Crippen LogP) is 2.38. The Morgan fingerprint density at radius 3 is 2.61 bits per heavy atom. The summed E-state index contributed by atoms with van der Waals surface area (Å²) >= 11 is 1.32. The summed E-state index contributed by atoms with van der Waals surface area (Å²) in [6.07, 6.45) is 1.60. The Morgan fingerprint density at radius 2 is 1.91 bits per heavy atom. The van der Waals surface area contributed by atoms with Crippen molar-refractivity contribution in [2.24, 2.45) is 7.05 Å². The standard InChI is InChI=1S/C15H13N5O2S/c1-20-12(17-13(21)10-5-3-2-4-6-10)9-11(19-20)14(22)18-15-16-7-8-23-15/h2-9H,1H3,(H,17,21)(H,16,18,22). The van der Waals surface area contributed by atoms with Gasteiger partial charge in [0.15, 0.2) is 10.8 Å². The zero-order chi connectivity index (χ0) is 16.2. The summed E-state index contributed by atoms with van der Waals surface area (Å²) in [6.45, 7) is 0. The van der Waals surface area contributed by atoms with Crippen molar-refractivity contribution in [3.8, 4) is 0 Å². The smallest absolute Gasteiger partial charge is 0.278 e. The quantitative estimate of drug-likeness (QED) is 0.770. The van der Waals surface area contributed by atoms with Crippen molar-refractivity contribution in [1.29, 1.82) is 0 Å². The number of aromatic nitrogens is 3. The lowest BCUT2D eigenvalue weighted by Gasteiger charge is -2.04. The van der Waals surface area contributed by atoms with Gasteiger partial charge in [-0.1, -0.05) is 18.2 Å². The molecule has 3 rings (SSSR count). The van der Waals surface area contributed by atoms with Gasteiger partial charge in [-0.3, -0.25) is 19.6 Å². The average molecular weight is 327 g/mol. The third-order valence-electron chi connectivity index (χ3n) is 3.04. The Kier molecular flexibility index (Phi) is 4.15. The Morgan fingerprint density at radius 1 is 1.13 bits per heavy atom. The van der Waals surface area contributed by atoms with Crippen molar-refractivity contribution < 1.29 is 9.59 Å². The molecule has 3 aromatic rings. The number of thiazole rings is 1. The maximum atomic E-state index is 12.1. The number of rotatable bonds is 4. The number of benzene rings is 1. The van der Waals surface area contributed by atoms with Crippen molar-refractivity contribution >= 4 is 34.1 Å². The molecule has 0 aliphatic carbocycles. The monoisotopic (exact) mass is 327 g/mol. The molecule has 2 aromatic heterocycles. The number of hydrogen-bond donors (Lipinski definition) is 2. The number of nitrogens with one attached hydrogen (secondary N) is 2. The Labute approximate surface area is 136 Å². The summed E-state index contributed by atoms with van der Waals surface area (Å²) in [7, 11) is 1.65. The molecule has 23 heavy (non-hydrogen) atoms. The van der Waals surface area contributed by atoms with Gasteiger partial charge in [-0.25, -0.2) is 4.98 Å². The van der Waals surface area contributed by atoms with Crippen LogP contribution in [0.2, 0.25) is 0 Å². The first-order chi connectivity index (χ1) is 11.1. The lowest BCUT2D eigenvalue weighted by molar-refractivity contribution is 0.101. The van der Waals surface area contributed by atoms with Crippen molar-refractivity contribution in [3.63, 3.8) is 0 Å². The van der Waals surface area contributed by atoms with E-state index in [4.69, 9.17) is 0 Å². The summed E-state index contributed by atoms with van der Waals surface area (Å²) in [5.74, 6) is -0.209. The molecule has 0 bridgehead atoms. The number of carbonyl (C=O) groups excluding carboxylic acids is 2. The second-order valence-electron chi connectivity index (χ2n) is 4.65. The van der Waals surface area contributed by atoms with Crippen molar-refractivity contribution in [2.75, 3.05) is 10.6 Å². The van der Waals surface area contributed by atoms with Gasteiger partial charge >= 0.3 is 0 Å². The van der Waals surface area contributed by atoms with Crippen LogP contribution in [-0.2, 0) is 7.05 Å². The minimum absolute atomic E-state index is 0.200. The molecule has 0 saturated heterocycles. The SMILES string of the molecule is Cn1nc(C(=O)Nc2nccs2)cc1NC(=O)c1ccccc1. The van der Waals surface area contributed by atoms with Crippen LogP contribution in [0.15, 0.2) is 48.0 Å². The zero-order valence-electron chi connectivity index (χ0n) is 12.2. The van der Waals surface area contributed by atoms with Gasteiger partial charge in [0.05, 0.1) is 0 Å². The highest BCUT2D eigenvalue weighted by atomic mass is 32.1. The van der Waals surface area contributed by atoms with Gasteiger partial charge in [-0.2, -0.15) is 5.10 Å². The van der Waals surface area contributed by atoms with Crippen LogP contribution < -0.4 is 10.6 Å². The topological polar surface area (TPSA) is 88.9 Å². The minimum atomic E-state index is -0.379. The van der Waals surface area contributed by atoms with E-state index in [0.717, 1.165) is 0 Å². The number of amides is 2. The molecular formula is C15H13N5O2S. The number of hydrogen-bond acceptors (Lipinski definition) is 5. The van der Waals surface area contributed by atoms with Gasteiger partial charge in [0.25, 0.3) is 11.8 Å². The molecule has 0 unspecified atom stereocenters. The first kappa shape index (κ1) is 14.9. The number of anilines is 2. The summed E-state index contributed by atoms with van der Waals surface area (Å²) < 4.78 is 1.44. The molecule has 0 aliphatic heterocycles. The first-order valence-corrected chi connectivity index (χ1v) is 7.63. The predicted molar refractivity (Wildman–Crippen MR) is 87.7 cm³/mol. The van der Waals surface area contributed by atoms with Gasteiger partial charge < -0.3 is 5.32 Å². The molecule has 2 amide bonds. The van der Waals surface area contributed by atoms with Crippen molar-refractivity contribution in [3.05, 3.63) is 59.2 Å². The zero-order valence-corrected chi connectivity index (χ0v) is 13.0. The average Bonchev–Trinajstić information content (AvgIpc) is 3.18. The molecule has 0 fully saturated rings. The lowest BCUT2D eigenvalue weighted by Crippen LogP contribution is -2.14. The highest BCUT2D eigenvalue weighted by molar-refractivity contribution is 7.13. The minimum Gasteiger partial charge on any atom is -0.307 e. The second kappa shape index (κ2) is 6.41. The summed E-state index contributed by atoms with van der Waals surface area (Å²) in [4.78, 5) is 28.2. The molecule has 0 spiro atoms. The first-order valence-electron chi connectivity index (χ1n) is 6.75. The van der Waals surface area contributed by atoms with E-state index in [9.17, 15) is 9.59 Å². The fourth-order valence-electron chi connectivity index (χ4n) is 1.92. The molecule has 0 aliphatic rings. The second-order valence-corrected chi connectivity index (χ2v) is 5.54. The Bertz CT molecular complexity index is 827. The third kappa shape index (κ3) is 3.43. The molecule has 7 nitrogen and oxygen atoms in total. The van der Waals surface area contributed by atoms with Gasteiger partial charge in [-0.15, -0.1) is 11.3 Å². The molecule has 2 N–H and O–H groups in total. The maximum absolute atomic E-state index is 12.1. The van der Waals surface area contributed by atoms with Crippen LogP contribution in [0.3, 0.4) is 0 Å². The van der Waals surface area contributed by atoms with Crippen LogP contribution in [0, 0.1) is 0 Å². The van der Waals surface area contributed by atoms with E-state index in [1.165, 1.54) is 22.1 Å². The van der Waals surface area contributed by atoms with Gasteiger partial charge in [0.1, 0.15) is 5.82 Å². The lowest BCUT2D eigenvalue weighted by atomic mass is 10.2. The fourth-order valence-corrected chi connectivity index (χ4v) is 2.44. The molecule has 1 aromatic carbocycles. The Balaban J connectivity index is 1.73. The molecule has 2 heterocycles. The number of aryl methyl sites for hydroxylation is 1. The van der Waals surface area contributed by atoms with E-state index in [1.54, 1.807) is 42.9 Å². The summed E-state index contributed by atoms with van der Waals surface area (Å²) in [6, 6.07) is 10.3. The number of carbonyl (C=O) groups is 2. The van der Waals surface area contributed by atoms with Crippen molar-refractivity contribution in [1.82, 2.24) is 14.8 Å². The highest BCUT2D eigenvalue weighted by Gasteiger charge is 2.15. The van der Waals surface area contributed by atoms with Gasteiger partial charge in [-0.05, 0) is 12.1 Å². The van der Waals surface area contributed by atoms with E-state index in [-0.39, 0.29) is 17.5 Å². The molecule has 0 radical (unpaired) electrons. The fraction of sp³-hybridized carbons (Fsp3) is 0.0667. The van der Waals surface area contributed by atoms with Crippen LogP contribution in [0.4, 0.5) is 10.9 Å². The molecular weight excluding hydrogens is 314 g/mol. The van der Waals surface area contributed by atoms with Crippen LogP contribution in [-0.4, -0.2) is 26.6 Å². The van der Waals surface area contributed by atoms with E-state index < -0.39 is 0 Å². The summed E-state index contributed by atoms with van der Waals surface area (Å²) in [5, 5.41) is 11.7. The van der Waals surface area contributed by atoms with Gasteiger partial charge in [0.2, 0.25) is 0 Å². The van der Waals surface area contributed by atoms with E-state index >= 15 is 0 Å². The normalized spacial score (nSPS) is 10.3. The largest absolute Gasteiger partial charge is 0.307 e. The van der Waals surface area contributed by atoms with Crippen LogP contribution in [0.5, 0.6) is 0 Å². The van der Waals surface area contributed by atoms with Gasteiger partial charge in [0, 0.05) is 30.3 Å². The van der Waals surface area contributed by atoms with Crippen molar-refractivity contribution in [2.45, 2.75) is 0 Å². The van der Waals surface area contributed by atoms with Crippen LogP contribution in [0.1, 0.15) is 20.8 Å². The molecule has 8 heteroatoms. The molecule has 0 atom stereocenters. The molecule has 116 valence electrons. The third-order valence-corrected chi connectivity index (χ3v) is 3.73.